The number of carbonyl (C=O) groups excluding carboxylic acids is 1. The fourth-order valence-corrected chi connectivity index (χ4v) is 2.60. The van der Waals surface area contributed by atoms with Crippen molar-refractivity contribution in [1.29, 1.82) is 0 Å². The first kappa shape index (κ1) is 22.3. The molecule has 0 unspecified atom stereocenters. The van der Waals surface area contributed by atoms with Crippen LogP contribution in [0.25, 0.3) is 6.08 Å². The van der Waals surface area contributed by atoms with Crippen molar-refractivity contribution in [1.82, 2.24) is 0 Å². The fraction of sp³-hybridized carbons (Fsp3) is 0.348. The molecule has 146 valence electrons. The van der Waals surface area contributed by atoms with Crippen LogP contribution in [0.15, 0.2) is 47.6 Å². The molecule has 4 heteroatoms. The highest BCUT2D eigenvalue weighted by Gasteiger charge is 2.12. The van der Waals surface area contributed by atoms with E-state index in [0.29, 0.717) is 6.61 Å². The van der Waals surface area contributed by atoms with Crippen LogP contribution in [-0.4, -0.2) is 26.8 Å². The zero-order valence-electron chi connectivity index (χ0n) is 17.4. The van der Waals surface area contributed by atoms with E-state index in [1.54, 1.807) is 21.1 Å². The zero-order valence-corrected chi connectivity index (χ0v) is 17.4. The second-order valence-corrected chi connectivity index (χ2v) is 6.21. The minimum Gasteiger partial charge on any atom is -0.496 e. The lowest BCUT2D eigenvalue weighted by atomic mass is 10.0. The van der Waals surface area contributed by atoms with Crippen molar-refractivity contribution in [3.05, 3.63) is 64.3 Å². The van der Waals surface area contributed by atoms with E-state index >= 15 is 0 Å². The SMILES string of the molecule is CCOC(=O)C=C(C)C=CC=C(C)C=Cc1c(C)cc(OC)c(C)c1OC. The average molecular weight is 370 g/mol. The summed E-state index contributed by atoms with van der Waals surface area (Å²) in [5.41, 5.74) is 5.01. The van der Waals surface area contributed by atoms with Gasteiger partial charge in [-0.15, -0.1) is 0 Å². The molecule has 0 aliphatic rings. The van der Waals surface area contributed by atoms with Crippen LogP contribution in [0.5, 0.6) is 11.5 Å². The molecule has 0 aliphatic heterocycles. The Morgan fingerprint density at radius 2 is 1.78 bits per heavy atom. The molecule has 0 fully saturated rings. The summed E-state index contributed by atoms with van der Waals surface area (Å²) in [6.45, 7) is 10.1. The van der Waals surface area contributed by atoms with Gasteiger partial charge >= 0.3 is 5.97 Å². The Bertz CT molecular complexity index is 780. The molecule has 4 nitrogen and oxygen atoms in total. The maximum Gasteiger partial charge on any atom is 0.330 e. The van der Waals surface area contributed by atoms with Gasteiger partial charge in [0.1, 0.15) is 11.5 Å². The summed E-state index contributed by atoms with van der Waals surface area (Å²) in [4.78, 5) is 11.4. The highest BCUT2D eigenvalue weighted by molar-refractivity contribution is 5.83. The molecule has 0 N–H and O–H groups in total. The van der Waals surface area contributed by atoms with E-state index in [-0.39, 0.29) is 5.97 Å². The van der Waals surface area contributed by atoms with Crippen LogP contribution in [0.2, 0.25) is 0 Å². The first-order valence-electron chi connectivity index (χ1n) is 8.94. The van der Waals surface area contributed by atoms with Gasteiger partial charge < -0.3 is 14.2 Å². The molecule has 1 aromatic carbocycles. The number of methoxy groups -OCH3 is 2. The van der Waals surface area contributed by atoms with Crippen LogP contribution in [0.3, 0.4) is 0 Å². The highest BCUT2D eigenvalue weighted by Crippen LogP contribution is 2.35. The number of benzene rings is 1. The lowest BCUT2D eigenvalue weighted by Gasteiger charge is -2.15. The lowest BCUT2D eigenvalue weighted by Crippen LogP contribution is -1.99. The van der Waals surface area contributed by atoms with E-state index < -0.39 is 0 Å². The van der Waals surface area contributed by atoms with E-state index in [1.807, 2.05) is 64.1 Å². The molecule has 1 aromatic rings. The van der Waals surface area contributed by atoms with Crippen molar-refractivity contribution < 1.29 is 19.0 Å². The highest BCUT2D eigenvalue weighted by atomic mass is 16.5. The van der Waals surface area contributed by atoms with E-state index in [0.717, 1.165) is 39.3 Å². The van der Waals surface area contributed by atoms with E-state index in [4.69, 9.17) is 14.2 Å². The van der Waals surface area contributed by atoms with Gasteiger partial charge in [0, 0.05) is 17.2 Å². The van der Waals surface area contributed by atoms with E-state index in [1.165, 1.54) is 6.08 Å². The predicted molar refractivity (Wildman–Crippen MR) is 111 cm³/mol. The monoisotopic (exact) mass is 370 g/mol. The molecule has 27 heavy (non-hydrogen) atoms. The zero-order chi connectivity index (χ0) is 20.4. The topological polar surface area (TPSA) is 44.8 Å². The number of rotatable bonds is 8. The number of ether oxygens (including phenoxy) is 3. The third-order valence-electron chi connectivity index (χ3n) is 4.01. The van der Waals surface area contributed by atoms with Crippen LogP contribution in [-0.2, 0) is 9.53 Å². The molecule has 0 heterocycles. The van der Waals surface area contributed by atoms with E-state index in [2.05, 4.69) is 0 Å². The number of allylic oxidation sites excluding steroid dienone is 6. The molecule has 0 atom stereocenters. The van der Waals surface area contributed by atoms with Gasteiger partial charge in [-0.25, -0.2) is 4.79 Å². The van der Waals surface area contributed by atoms with Crippen LogP contribution in [0.4, 0.5) is 0 Å². The quantitative estimate of drug-likeness (QED) is 0.352. The van der Waals surface area contributed by atoms with E-state index in [9.17, 15) is 4.79 Å². The second-order valence-electron chi connectivity index (χ2n) is 6.21. The normalized spacial score (nSPS) is 12.7. The Hall–Kier alpha value is -2.75. The van der Waals surface area contributed by atoms with Gasteiger partial charge in [0.15, 0.2) is 0 Å². The van der Waals surface area contributed by atoms with Crippen molar-refractivity contribution in [2.24, 2.45) is 0 Å². The van der Waals surface area contributed by atoms with Gasteiger partial charge in [-0.1, -0.05) is 36.0 Å². The number of aryl methyl sites for hydroxylation is 1. The number of carbonyl (C=O) groups is 1. The molecule has 0 saturated carbocycles. The van der Waals surface area contributed by atoms with Gasteiger partial charge in [0.05, 0.1) is 20.8 Å². The van der Waals surface area contributed by atoms with Gasteiger partial charge in [-0.05, 0) is 51.8 Å². The molecule has 0 aliphatic carbocycles. The molecule has 0 spiro atoms. The lowest BCUT2D eigenvalue weighted by molar-refractivity contribution is -0.137. The minimum atomic E-state index is -0.322. The van der Waals surface area contributed by atoms with Crippen LogP contribution in [0.1, 0.15) is 37.5 Å². The fourth-order valence-electron chi connectivity index (χ4n) is 2.60. The summed E-state index contributed by atoms with van der Waals surface area (Å²) < 4.78 is 15.9. The summed E-state index contributed by atoms with van der Waals surface area (Å²) >= 11 is 0. The third kappa shape index (κ3) is 6.81. The van der Waals surface area contributed by atoms with Gasteiger partial charge in [-0.2, -0.15) is 0 Å². The summed E-state index contributed by atoms with van der Waals surface area (Å²) in [6.07, 6.45) is 11.3. The Labute approximate surface area is 162 Å². The Kier molecular flexibility index (Phi) is 9.14. The molecule has 1 rings (SSSR count). The maximum absolute atomic E-state index is 11.4. The van der Waals surface area contributed by atoms with Gasteiger partial charge in [0.25, 0.3) is 0 Å². The molecule has 0 amide bonds. The van der Waals surface area contributed by atoms with Crippen LogP contribution in [0, 0.1) is 13.8 Å². The van der Waals surface area contributed by atoms with Crippen molar-refractivity contribution in [3.8, 4) is 11.5 Å². The predicted octanol–water partition coefficient (Wildman–Crippen LogP) is 5.35. The van der Waals surface area contributed by atoms with Gasteiger partial charge in [0.2, 0.25) is 0 Å². The van der Waals surface area contributed by atoms with Crippen LogP contribution < -0.4 is 9.47 Å². The molecule has 0 radical (unpaired) electrons. The average Bonchev–Trinajstić information content (AvgIpc) is 2.61. The molecular formula is C23H30O4. The van der Waals surface area contributed by atoms with Crippen molar-refractivity contribution >= 4 is 12.0 Å². The van der Waals surface area contributed by atoms with Crippen LogP contribution >= 0.6 is 0 Å². The smallest absolute Gasteiger partial charge is 0.330 e. The van der Waals surface area contributed by atoms with Gasteiger partial charge in [-0.3, -0.25) is 0 Å². The van der Waals surface area contributed by atoms with Crippen molar-refractivity contribution in [3.63, 3.8) is 0 Å². The molecule has 0 saturated heterocycles. The molecule has 0 bridgehead atoms. The van der Waals surface area contributed by atoms with Crippen molar-refractivity contribution in [2.75, 3.05) is 20.8 Å². The maximum atomic E-state index is 11.4. The number of hydrogen-bond acceptors (Lipinski definition) is 4. The van der Waals surface area contributed by atoms with Crippen molar-refractivity contribution in [2.45, 2.75) is 34.6 Å². The summed E-state index contributed by atoms with van der Waals surface area (Å²) in [5.74, 6) is 1.32. The Balaban J connectivity index is 2.97. The third-order valence-corrected chi connectivity index (χ3v) is 4.01. The minimum absolute atomic E-state index is 0.322. The standard InChI is InChI=1S/C23H30O4/c1-8-27-22(24)14-17(3)11-9-10-16(2)12-13-20-18(4)15-21(25-6)19(5)23(20)26-7/h9-15H,8H2,1-7H3. The Morgan fingerprint density at radius 1 is 1.07 bits per heavy atom. The summed E-state index contributed by atoms with van der Waals surface area (Å²) in [5, 5.41) is 0. The summed E-state index contributed by atoms with van der Waals surface area (Å²) in [6, 6.07) is 2.01. The largest absolute Gasteiger partial charge is 0.496 e. The first-order valence-corrected chi connectivity index (χ1v) is 8.94. The second kappa shape index (κ2) is 11.1. The number of hydrogen-bond donors (Lipinski definition) is 0. The summed E-state index contributed by atoms with van der Waals surface area (Å²) in [7, 11) is 3.33. The molecule has 0 aromatic heterocycles. The number of esters is 1. The first-order chi connectivity index (χ1) is 12.8. The molecular weight excluding hydrogens is 340 g/mol. The Morgan fingerprint density at radius 3 is 2.37 bits per heavy atom.